The van der Waals surface area contributed by atoms with Gasteiger partial charge in [0.25, 0.3) is 0 Å². The Bertz CT molecular complexity index is 1100. The highest BCUT2D eigenvalue weighted by atomic mass is 32.1. The first-order valence-electron chi connectivity index (χ1n) is 8.89. The molecule has 0 spiro atoms. The zero-order valence-electron chi connectivity index (χ0n) is 15.0. The fourth-order valence-corrected chi connectivity index (χ4v) is 4.07. The Balaban J connectivity index is 1.85. The van der Waals surface area contributed by atoms with E-state index in [0.717, 1.165) is 57.4 Å². The molecule has 6 heteroatoms. The highest BCUT2D eigenvalue weighted by molar-refractivity contribution is 7.19. The molecule has 0 bridgehead atoms. The van der Waals surface area contributed by atoms with Crippen molar-refractivity contribution in [3.05, 3.63) is 54.7 Å². The Morgan fingerprint density at radius 2 is 2.07 bits per heavy atom. The van der Waals surface area contributed by atoms with Crippen molar-refractivity contribution in [2.24, 2.45) is 0 Å². The van der Waals surface area contributed by atoms with Gasteiger partial charge in [-0.1, -0.05) is 19.3 Å². The molecule has 0 unspecified atom stereocenters. The third-order valence-electron chi connectivity index (χ3n) is 4.32. The van der Waals surface area contributed by atoms with Gasteiger partial charge in [0.1, 0.15) is 11.5 Å². The lowest BCUT2D eigenvalue weighted by atomic mass is 10.1. The van der Waals surface area contributed by atoms with Crippen molar-refractivity contribution in [2.75, 3.05) is 11.9 Å². The predicted molar refractivity (Wildman–Crippen MR) is 111 cm³/mol. The van der Waals surface area contributed by atoms with Crippen LogP contribution in [0.15, 0.2) is 49.2 Å². The number of hydrogen-bond donors (Lipinski definition) is 1. The molecule has 5 nitrogen and oxygen atoms in total. The van der Waals surface area contributed by atoms with E-state index < -0.39 is 0 Å². The van der Waals surface area contributed by atoms with Crippen molar-refractivity contribution in [2.45, 2.75) is 19.8 Å². The van der Waals surface area contributed by atoms with E-state index in [9.17, 15) is 0 Å². The highest BCUT2D eigenvalue weighted by Gasteiger charge is 2.19. The van der Waals surface area contributed by atoms with Crippen molar-refractivity contribution in [3.63, 3.8) is 0 Å². The van der Waals surface area contributed by atoms with Crippen LogP contribution in [0.4, 0.5) is 5.82 Å². The summed E-state index contributed by atoms with van der Waals surface area (Å²) in [7, 11) is 0. The summed E-state index contributed by atoms with van der Waals surface area (Å²) in [5.41, 5.74) is 3.62. The molecule has 4 aromatic rings. The number of pyridine rings is 1. The average molecular weight is 373 g/mol. The predicted octanol–water partition coefficient (Wildman–Crippen LogP) is 4.71. The lowest BCUT2D eigenvalue weighted by Gasteiger charge is -2.07. The number of hydrogen-bond acceptors (Lipinski definition) is 5. The third-order valence-corrected chi connectivity index (χ3v) is 5.51. The molecule has 134 valence electrons. The molecule has 0 saturated carbocycles. The van der Waals surface area contributed by atoms with Crippen LogP contribution in [0.3, 0.4) is 0 Å². The maximum atomic E-state index is 5.82. The first kappa shape index (κ1) is 17.3. The second-order valence-corrected chi connectivity index (χ2v) is 7.18. The first-order valence-corrected chi connectivity index (χ1v) is 9.70. The molecule has 4 aromatic heterocycles. The molecule has 0 saturated heterocycles. The Kier molecular flexibility index (Phi) is 4.86. The molecule has 0 aliphatic rings. The lowest BCUT2D eigenvalue weighted by Crippen LogP contribution is -2.04. The number of nitrogens with zero attached hydrogens (tertiary/aromatic N) is 4. The topological polar surface area (TPSA) is 55.1 Å². The number of rotatable bonds is 6. The number of imidazole rings is 1. The normalized spacial score (nSPS) is 10.8. The largest absolute Gasteiger partial charge is 0.369 e. The van der Waals surface area contributed by atoms with Gasteiger partial charge in [-0.15, -0.1) is 17.8 Å². The average Bonchev–Trinajstić information content (AvgIpc) is 3.30. The van der Waals surface area contributed by atoms with Crippen molar-refractivity contribution >= 4 is 22.8 Å². The number of aromatic nitrogens is 4. The van der Waals surface area contributed by atoms with E-state index in [1.54, 1.807) is 36.1 Å². The highest BCUT2D eigenvalue weighted by Crippen LogP contribution is 2.40. The van der Waals surface area contributed by atoms with Crippen molar-refractivity contribution < 1.29 is 0 Å². The summed E-state index contributed by atoms with van der Waals surface area (Å²) >= 11 is 1.65. The number of nitrogens with one attached hydrogen (secondary N) is 1. The summed E-state index contributed by atoms with van der Waals surface area (Å²) in [6, 6.07) is 6.03. The van der Waals surface area contributed by atoms with Gasteiger partial charge in [-0.2, -0.15) is 0 Å². The summed E-state index contributed by atoms with van der Waals surface area (Å²) in [4.78, 5) is 15.2. The van der Waals surface area contributed by atoms with Gasteiger partial charge in [-0.3, -0.25) is 14.4 Å². The molecule has 4 heterocycles. The number of thiophene rings is 1. The van der Waals surface area contributed by atoms with Gasteiger partial charge in [0, 0.05) is 41.8 Å². The number of unbranched alkanes of at least 4 members (excludes halogenated alkanes) is 1. The molecule has 0 aromatic carbocycles. The van der Waals surface area contributed by atoms with E-state index in [2.05, 4.69) is 28.1 Å². The minimum absolute atomic E-state index is 0.799. The summed E-state index contributed by atoms with van der Waals surface area (Å²) in [5, 5.41) is 3.54. The van der Waals surface area contributed by atoms with Crippen LogP contribution < -0.4 is 5.32 Å². The number of terminal acetylenes is 1. The van der Waals surface area contributed by atoms with E-state index in [-0.39, 0.29) is 0 Å². The van der Waals surface area contributed by atoms with Crippen LogP contribution in [-0.4, -0.2) is 25.9 Å². The van der Waals surface area contributed by atoms with E-state index >= 15 is 0 Å². The van der Waals surface area contributed by atoms with Gasteiger partial charge in [0.15, 0.2) is 5.65 Å². The molecule has 0 aliphatic carbocycles. The molecule has 0 fully saturated rings. The first-order chi connectivity index (χ1) is 13.3. The third kappa shape index (κ3) is 3.29. The Hall–Kier alpha value is -3.17. The van der Waals surface area contributed by atoms with Crippen LogP contribution in [0.25, 0.3) is 26.7 Å². The van der Waals surface area contributed by atoms with Crippen LogP contribution in [0.1, 0.15) is 25.3 Å². The van der Waals surface area contributed by atoms with E-state index in [0.29, 0.717) is 0 Å². The van der Waals surface area contributed by atoms with Gasteiger partial charge in [-0.05, 0) is 30.2 Å². The summed E-state index contributed by atoms with van der Waals surface area (Å²) in [5.74, 6) is 3.78. The number of fused-ring (bicyclic) bond motifs is 1. The maximum Gasteiger partial charge on any atom is 0.157 e. The molecule has 0 aliphatic heterocycles. The van der Waals surface area contributed by atoms with Crippen LogP contribution in [0, 0.1) is 12.3 Å². The Labute approximate surface area is 162 Å². The van der Waals surface area contributed by atoms with Crippen molar-refractivity contribution in [1.29, 1.82) is 0 Å². The molecule has 0 amide bonds. The van der Waals surface area contributed by atoms with Gasteiger partial charge >= 0.3 is 0 Å². The summed E-state index contributed by atoms with van der Waals surface area (Å²) in [6.45, 7) is 3.06. The molecular weight excluding hydrogens is 354 g/mol. The monoisotopic (exact) mass is 373 g/mol. The second-order valence-electron chi connectivity index (χ2n) is 6.13. The summed E-state index contributed by atoms with van der Waals surface area (Å²) in [6.07, 6.45) is 17.1. The molecule has 1 N–H and O–H groups in total. The van der Waals surface area contributed by atoms with Gasteiger partial charge < -0.3 is 5.32 Å². The lowest BCUT2D eigenvalue weighted by molar-refractivity contribution is 0.830. The SMILES string of the molecule is C#Cc1cc(-c2ccncc2)sc1-c1nc2cnccn2c1NCCCC. The minimum atomic E-state index is 0.799. The molecular formula is C21H19N5S. The van der Waals surface area contributed by atoms with Crippen molar-refractivity contribution in [3.8, 4) is 33.4 Å². The Morgan fingerprint density at radius 3 is 2.85 bits per heavy atom. The standard InChI is InChI=1S/C21H19N5S/c1-3-5-8-24-21-19(25-18-14-23-11-12-26(18)21)20-15(4-2)13-17(27-20)16-6-9-22-10-7-16/h2,6-7,9-14,24H,3,5,8H2,1H3. The van der Waals surface area contributed by atoms with Gasteiger partial charge in [0.05, 0.1) is 11.1 Å². The van der Waals surface area contributed by atoms with E-state index in [4.69, 9.17) is 11.4 Å². The number of anilines is 1. The van der Waals surface area contributed by atoms with Gasteiger partial charge in [0.2, 0.25) is 0 Å². The quantitative estimate of drug-likeness (QED) is 0.393. The van der Waals surface area contributed by atoms with Crippen LogP contribution in [0.5, 0.6) is 0 Å². The molecule has 4 rings (SSSR count). The molecule has 0 atom stereocenters. The van der Waals surface area contributed by atoms with Crippen LogP contribution in [-0.2, 0) is 0 Å². The van der Waals surface area contributed by atoms with E-state index in [1.807, 2.05) is 28.8 Å². The fourth-order valence-electron chi connectivity index (χ4n) is 2.95. The molecule has 0 radical (unpaired) electrons. The fraction of sp³-hybridized carbons (Fsp3) is 0.190. The second kappa shape index (κ2) is 7.60. The maximum absolute atomic E-state index is 5.82. The Morgan fingerprint density at radius 1 is 1.22 bits per heavy atom. The smallest absolute Gasteiger partial charge is 0.157 e. The van der Waals surface area contributed by atoms with Gasteiger partial charge in [-0.25, -0.2) is 4.98 Å². The minimum Gasteiger partial charge on any atom is -0.369 e. The zero-order chi connectivity index (χ0) is 18.6. The van der Waals surface area contributed by atoms with Crippen LogP contribution >= 0.6 is 11.3 Å². The molecule has 27 heavy (non-hydrogen) atoms. The van der Waals surface area contributed by atoms with E-state index in [1.165, 1.54) is 0 Å². The van der Waals surface area contributed by atoms with Crippen molar-refractivity contribution in [1.82, 2.24) is 19.4 Å². The van der Waals surface area contributed by atoms with Crippen LogP contribution in [0.2, 0.25) is 0 Å². The summed E-state index contributed by atoms with van der Waals surface area (Å²) < 4.78 is 2.03. The zero-order valence-corrected chi connectivity index (χ0v) is 15.8.